The Morgan fingerprint density at radius 1 is 1.23 bits per heavy atom. The van der Waals surface area contributed by atoms with Crippen molar-refractivity contribution < 1.29 is 9.59 Å². The molecule has 0 aliphatic rings. The molecule has 0 spiro atoms. The van der Waals surface area contributed by atoms with Crippen LogP contribution in [-0.4, -0.2) is 18.4 Å². The SMILES string of the molecule is CC(=O)NCCCCCC(=O)NC(C#N)c1ccc(Cl)cc1. The maximum Gasteiger partial charge on any atom is 0.221 e. The van der Waals surface area contributed by atoms with E-state index in [1.807, 2.05) is 0 Å². The lowest BCUT2D eigenvalue weighted by Crippen LogP contribution is -2.27. The van der Waals surface area contributed by atoms with E-state index >= 15 is 0 Å². The van der Waals surface area contributed by atoms with Crippen LogP contribution in [0.1, 0.15) is 44.2 Å². The van der Waals surface area contributed by atoms with Crippen LogP contribution in [0.15, 0.2) is 24.3 Å². The number of nitrogens with one attached hydrogen (secondary N) is 2. The van der Waals surface area contributed by atoms with E-state index in [2.05, 4.69) is 16.7 Å². The third-order valence-corrected chi connectivity index (χ3v) is 3.34. The summed E-state index contributed by atoms with van der Waals surface area (Å²) in [6.45, 7) is 2.11. The molecule has 2 N–H and O–H groups in total. The lowest BCUT2D eigenvalue weighted by atomic mass is 10.1. The quantitative estimate of drug-likeness (QED) is 0.722. The molecule has 0 saturated heterocycles. The first-order valence-electron chi connectivity index (χ1n) is 7.22. The van der Waals surface area contributed by atoms with Crippen LogP contribution in [0.5, 0.6) is 0 Å². The van der Waals surface area contributed by atoms with Crippen LogP contribution in [-0.2, 0) is 9.59 Å². The molecule has 0 radical (unpaired) electrons. The normalized spacial score (nSPS) is 11.3. The van der Waals surface area contributed by atoms with Gasteiger partial charge in [0, 0.05) is 24.9 Å². The van der Waals surface area contributed by atoms with E-state index in [1.54, 1.807) is 24.3 Å². The number of nitriles is 1. The Hall–Kier alpha value is -2.06. The summed E-state index contributed by atoms with van der Waals surface area (Å²) in [7, 11) is 0. The van der Waals surface area contributed by atoms with Gasteiger partial charge in [0.2, 0.25) is 11.8 Å². The van der Waals surface area contributed by atoms with Gasteiger partial charge in [-0.05, 0) is 30.5 Å². The number of rotatable bonds is 8. The van der Waals surface area contributed by atoms with Crippen LogP contribution in [0.25, 0.3) is 0 Å². The van der Waals surface area contributed by atoms with Gasteiger partial charge in [0.1, 0.15) is 6.04 Å². The second-order valence-corrected chi connectivity index (χ2v) is 5.41. The van der Waals surface area contributed by atoms with Crippen molar-refractivity contribution in [3.8, 4) is 6.07 Å². The third-order valence-electron chi connectivity index (χ3n) is 3.09. The second kappa shape index (κ2) is 9.80. The predicted octanol–water partition coefficient (Wildman–Crippen LogP) is 2.72. The first-order chi connectivity index (χ1) is 10.5. The molecule has 0 heterocycles. The highest BCUT2D eigenvalue weighted by Crippen LogP contribution is 2.16. The minimum absolute atomic E-state index is 0.0439. The molecule has 2 amide bonds. The van der Waals surface area contributed by atoms with Gasteiger partial charge >= 0.3 is 0 Å². The zero-order valence-electron chi connectivity index (χ0n) is 12.6. The summed E-state index contributed by atoms with van der Waals surface area (Å²) >= 11 is 5.80. The number of benzene rings is 1. The van der Waals surface area contributed by atoms with Gasteiger partial charge in [0.25, 0.3) is 0 Å². The fourth-order valence-corrected chi connectivity index (χ4v) is 2.06. The van der Waals surface area contributed by atoms with Crippen molar-refractivity contribution in [2.45, 2.75) is 38.6 Å². The summed E-state index contributed by atoms with van der Waals surface area (Å²) in [5, 5.41) is 15.1. The molecule has 1 aromatic carbocycles. The third kappa shape index (κ3) is 7.09. The summed E-state index contributed by atoms with van der Waals surface area (Å²) in [5.74, 6) is -0.196. The Balaban J connectivity index is 2.29. The van der Waals surface area contributed by atoms with E-state index in [4.69, 9.17) is 16.9 Å². The number of amides is 2. The van der Waals surface area contributed by atoms with Crippen molar-refractivity contribution in [3.05, 3.63) is 34.9 Å². The average Bonchev–Trinajstić information content (AvgIpc) is 2.49. The Bertz CT molecular complexity index is 537. The zero-order chi connectivity index (χ0) is 16.4. The molecule has 1 unspecified atom stereocenters. The van der Waals surface area contributed by atoms with E-state index in [1.165, 1.54) is 6.92 Å². The average molecular weight is 322 g/mol. The van der Waals surface area contributed by atoms with Crippen molar-refractivity contribution in [2.75, 3.05) is 6.54 Å². The minimum atomic E-state index is -0.663. The van der Waals surface area contributed by atoms with Crippen molar-refractivity contribution in [2.24, 2.45) is 0 Å². The minimum Gasteiger partial charge on any atom is -0.356 e. The van der Waals surface area contributed by atoms with E-state index in [0.717, 1.165) is 19.3 Å². The molecule has 0 aliphatic heterocycles. The molecule has 1 rings (SSSR count). The Morgan fingerprint density at radius 2 is 1.91 bits per heavy atom. The highest BCUT2D eigenvalue weighted by molar-refractivity contribution is 6.30. The van der Waals surface area contributed by atoms with Crippen molar-refractivity contribution in [1.82, 2.24) is 10.6 Å². The number of carbonyl (C=O) groups is 2. The standard InChI is InChI=1S/C16H20ClN3O2/c1-12(21)19-10-4-2-3-5-16(22)20-15(11-18)13-6-8-14(17)9-7-13/h6-9,15H,2-5,10H2,1H3,(H,19,21)(H,20,22). The van der Waals surface area contributed by atoms with Gasteiger partial charge in [-0.15, -0.1) is 0 Å². The van der Waals surface area contributed by atoms with Crippen molar-refractivity contribution in [3.63, 3.8) is 0 Å². The van der Waals surface area contributed by atoms with E-state index in [0.29, 0.717) is 23.6 Å². The van der Waals surface area contributed by atoms with Crippen LogP contribution in [0.4, 0.5) is 0 Å². The summed E-state index contributed by atoms with van der Waals surface area (Å²) < 4.78 is 0. The van der Waals surface area contributed by atoms with Crippen LogP contribution < -0.4 is 10.6 Å². The lowest BCUT2D eigenvalue weighted by Gasteiger charge is -2.12. The van der Waals surface area contributed by atoms with Crippen molar-refractivity contribution in [1.29, 1.82) is 5.26 Å². The summed E-state index contributed by atoms with van der Waals surface area (Å²) in [6, 6.07) is 8.24. The van der Waals surface area contributed by atoms with E-state index < -0.39 is 6.04 Å². The molecule has 118 valence electrons. The fraction of sp³-hybridized carbons (Fsp3) is 0.438. The van der Waals surface area contributed by atoms with Gasteiger partial charge in [-0.1, -0.05) is 30.2 Å². The second-order valence-electron chi connectivity index (χ2n) is 4.97. The molecule has 1 atom stereocenters. The van der Waals surface area contributed by atoms with E-state index in [-0.39, 0.29) is 11.8 Å². The largest absolute Gasteiger partial charge is 0.356 e. The molecule has 0 fully saturated rings. The topological polar surface area (TPSA) is 82.0 Å². The van der Waals surface area contributed by atoms with Crippen LogP contribution in [0, 0.1) is 11.3 Å². The maximum atomic E-state index is 11.8. The molecule has 0 saturated carbocycles. The van der Waals surface area contributed by atoms with Crippen LogP contribution >= 0.6 is 11.6 Å². The number of unbranched alkanes of at least 4 members (excludes halogenated alkanes) is 2. The number of carbonyl (C=O) groups excluding carboxylic acids is 2. The first-order valence-corrected chi connectivity index (χ1v) is 7.59. The monoisotopic (exact) mass is 321 g/mol. The molecule has 22 heavy (non-hydrogen) atoms. The van der Waals surface area contributed by atoms with Gasteiger partial charge < -0.3 is 10.6 Å². The lowest BCUT2D eigenvalue weighted by molar-refractivity contribution is -0.122. The molecular weight excluding hydrogens is 302 g/mol. The fourth-order valence-electron chi connectivity index (χ4n) is 1.93. The molecule has 0 bridgehead atoms. The Labute approximate surface area is 135 Å². The van der Waals surface area contributed by atoms with Gasteiger partial charge in [0.05, 0.1) is 6.07 Å². The van der Waals surface area contributed by atoms with Gasteiger partial charge in [-0.25, -0.2) is 0 Å². The smallest absolute Gasteiger partial charge is 0.221 e. The maximum absolute atomic E-state index is 11.8. The molecule has 5 nitrogen and oxygen atoms in total. The number of hydrogen-bond acceptors (Lipinski definition) is 3. The molecular formula is C16H20ClN3O2. The van der Waals surface area contributed by atoms with Crippen LogP contribution in [0.3, 0.4) is 0 Å². The van der Waals surface area contributed by atoms with Crippen molar-refractivity contribution >= 4 is 23.4 Å². The summed E-state index contributed by atoms with van der Waals surface area (Å²) in [4.78, 5) is 22.5. The zero-order valence-corrected chi connectivity index (χ0v) is 13.3. The van der Waals surface area contributed by atoms with Gasteiger partial charge in [-0.3, -0.25) is 9.59 Å². The van der Waals surface area contributed by atoms with Gasteiger partial charge in [-0.2, -0.15) is 5.26 Å². The van der Waals surface area contributed by atoms with Gasteiger partial charge in [0.15, 0.2) is 0 Å². The summed E-state index contributed by atoms with van der Waals surface area (Å²) in [5.41, 5.74) is 0.714. The number of hydrogen-bond donors (Lipinski definition) is 2. The highest BCUT2D eigenvalue weighted by Gasteiger charge is 2.13. The highest BCUT2D eigenvalue weighted by atomic mass is 35.5. The molecule has 0 aliphatic carbocycles. The first kappa shape index (κ1) is 18.0. The number of nitrogens with zero attached hydrogens (tertiary/aromatic N) is 1. The molecule has 6 heteroatoms. The summed E-state index contributed by atoms with van der Waals surface area (Å²) in [6.07, 6.45) is 2.79. The molecule has 0 aromatic heterocycles. The Kier molecular flexibility index (Phi) is 8.01. The number of halogens is 1. The Morgan fingerprint density at radius 3 is 2.50 bits per heavy atom. The van der Waals surface area contributed by atoms with E-state index in [9.17, 15) is 9.59 Å². The van der Waals surface area contributed by atoms with Crippen LogP contribution in [0.2, 0.25) is 5.02 Å². The molecule has 1 aromatic rings. The predicted molar refractivity (Wildman–Crippen MR) is 85.1 cm³/mol.